The summed E-state index contributed by atoms with van der Waals surface area (Å²) in [5.74, 6) is 0.750. The van der Waals surface area contributed by atoms with Gasteiger partial charge in [-0.05, 0) is 30.3 Å². The van der Waals surface area contributed by atoms with Gasteiger partial charge in [-0.25, -0.2) is 19.4 Å². The first-order valence-corrected chi connectivity index (χ1v) is 10.4. The number of rotatable bonds is 7. The molecule has 0 saturated carbocycles. The van der Waals surface area contributed by atoms with Crippen LogP contribution in [0.3, 0.4) is 0 Å². The predicted octanol–water partition coefficient (Wildman–Crippen LogP) is 3.83. The van der Waals surface area contributed by atoms with Crippen LogP contribution in [-0.2, 0) is 9.57 Å². The molecule has 2 saturated heterocycles. The van der Waals surface area contributed by atoms with E-state index in [1.54, 1.807) is 18.2 Å². The molecule has 7 nitrogen and oxygen atoms in total. The van der Waals surface area contributed by atoms with Gasteiger partial charge < -0.3 is 9.47 Å². The Balaban J connectivity index is 1.41. The Labute approximate surface area is 184 Å². The summed E-state index contributed by atoms with van der Waals surface area (Å²) in [7, 11) is 1.61. The number of anilines is 2. The first kappa shape index (κ1) is 20.4. The molecule has 0 bridgehead atoms. The van der Waals surface area contributed by atoms with E-state index in [4.69, 9.17) is 25.9 Å². The van der Waals surface area contributed by atoms with Crippen molar-refractivity contribution < 1.29 is 18.7 Å². The average molecular weight is 445 g/mol. The number of halogens is 2. The smallest absolute Gasteiger partial charge is 0.169 e. The summed E-state index contributed by atoms with van der Waals surface area (Å²) in [5, 5.41) is 2.38. The lowest BCUT2D eigenvalue weighted by molar-refractivity contribution is -0.190. The summed E-state index contributed by atoms with van der Waals surface area (Å²) >= 11 is 6.05. The highest BCUT2D eigenvalue weighted by atomic mass is 35.5. The van der Waals surface area contributed by atoms with Crippen molar-refractivity contribution in [3.63, 3.8) is 0 Å². The molecule has 2 aliphatic heterocycles. The average Bonchev–Trinajstić information content (AvgIpc) is 2.72. The van der Waals surface area contributed by atoms with Gasteiger partial charge in [0.25, 0.3) is 0 Å². The molecular weight excluding hydrogens is 423 g/mol. The van der Waals surface area contributed by atoms with Crippen molar-refractivity contribution >= 4 is 34.0 Å². The van der Waals surface area contributed by atoms with E-state index < -0.39 is 5.82 Å². The van der Waals surface area contributed by atoms with E-state index in [9.17, 15) is 4.39 Å². The lowest BCUT2D eigenvalue weighted by Crippen LogP contribution is -2.66. The zero-order chi connectivity index (χ0) is 21.4. The Morgan fingerprint density at radius 1 is 1.19 bits per heavy atom. The number of nitrogens with zero attached hydrogens (tertiary/aromatic N) is 4. The van der Waals surface area contributed by atoms with Gasteiger partial charge in [0.05, 0.1) is 43.2 Å². The zero-order valence-electron chi connectivity index (χ0n) is 17.1. The molecule has 3 aromatic rings. The maximum absolute atomic E-state index is 13.8. The van der Waals surface area contributed by atoms with Crippen molar-refractivity contribution in [3.05, 3.63) is 53.6 Å². The monoisotopic (exact) mass is 444 g/mol. The van der Waals surface area contributed by atoms with E-state index in [1.807, 2.05) is 18.2 Å². The van der Waals surface area contributed by atoms with Gasteiger partial charge in [-0.15, -0.1) is 0 Å². The van der Waals surface area contributed by atoms with Crippen LogP contribution in [0.2, 0.25) is 5.02 Å². The molecule has 1 aromatic heterocycles. The second-order valence-electron chi connectivity index (χ2n) is 8.01. The molecule has 0 amide bonds. The number of hydrogen-bond acceptors (Lipinski definition) is 7. The summed E-state index contributed by atoms with van der Waals surface area (Å²) in [6.45, 7) is 4.95. The molecule has 2 fully saturated rings. The SMILES string of the molecule is COc1ccc2c(N(OCCN3CC4(COC4)C3)c3ccc(F)c(Cl)c3)ncnc2c1. The molecule has 5 rings (SSSR count). The van der Waals surface area contributed by atoms with Crippen molar-refractivity contribution in [1.82, 2.24) is 14.9 Å². The number of ether oxygens (including phenoxy) is 2. The van der Waals surface area contributed by atoms with Gasteiger partial charge in [0.2, 0.25) is 0 Å². The molecule has 0 unspecified atom stereocenters. The van der Waals surface area contributed by atoms with Crippen LogP contribution in [-0.4, -0.2) is 61.4 Å². The van der Waals surface area contributed by atoms with Gasteiger partial charge in [0.15, 0.2) is 5.82 Å². The third kappa shape index (κ3) is 3.92. The Morgan fingerprint density at radius 3 is 2.74 bits per heavy atom. The molecule has 2 aromatic carbocycles. The van der Waals surface area contributed by atoms with Crippen LogP contribution >= 0.6 is 11.6 Å². The van der Waals surface area contributed by atoms with Crippen LogP contribution in [0.4, 0.5) is 15.9 Å². The highest BCUT2D eigenvalue weighted by Crippen LogP contribution is 2.37. The summed E-state index contributed by atoms with van der Waals surface area (Å²) in [5.41, 5.74) is 1.64. The van der Waals surface area contributed by atoms with Gasteiger partial charge in [-0.1, -0.05) is 11.6 Å². The van der Waals surface area contributed by atoms with E-state index in [0.717, 1.165) is 38.2 Å². The van der Waals surface area contributed by atoms with E-state index in [1.165, 1.54) is 18.5 Å². The Bertz CT molecular complexity index is 1100. The fraction of sp³-hybridized carbons (Fsp3) is 0.364. The van der Waals surface area contributed by atoms with Crippen LogP contribution in [0, 0.1) is 11.2 Å². The second-order valence-corrected chi connectivity index (χ2v) is 8.42. The topological polar surface area (TPSA) is 60.0 Å². The lowest BCUT2D eigenvalue weighted by atomic mass is 9.78. The highest BCUT2D eigenvalue weighted by Gasteiger charge is 2.48. The number of likely N-dealkylation sites (tertiary alicyclic amines) is 1. The molecule has 162 valence electrons. The summed E-state index contributed by atoms with van der Waals surface area (Å²) in [6, 6.07) is 10.0. The normalized spacial score (nSPS) is 17.4. The minimum Gasteiger partial charge on any atom is -0.497 e. The quantitative estimate of drug-likeness (QED) is 0.513. The van der Waals surface area contributed by atoms with Gasteiger partial charge in [-0.3, -0.25) is 9.74 Å². The van der Waals surface area contributed by atoms with Crippen molar-refractivity contribution in [3.8, 4) is 5.75 Å². The number of benzene rings is 2. The summed E-state index contributed by atoms with van der Waals surface area (Å²) in [4.78, 5) is 17.3. The maximum Gasteiger partial charge on any atom is 0.169 e. The predicted molar refractivity (Wildman–Crippen MR) is 115 cm³/mol. The van der Waals surface area contributed by atoms with Gasteiger partial charge >= 0.3 is 0 Å². The standard InChI is InChI=1S/C22H22ClFN4O3/c1-29-16-3-4-17-20(9-16)25-14-26-21(17)28(15-2-5-19(24)18(23)8-15)31-7-6-27-10-22(11-27)12-30-13-22/h2-5,8-9,14H,6-7,10-13H2,1H3. The van der Waals surface area contributed by atoms with Crippen LogP contribution in [0.1, 0.15) is 0 Å². The number of methoxy groups -OCH3 is 1. The zero-order valence-corrected chi connectivity index (χ0v) is 17.8. The maximum atomic E-state index is 13.8. The molecule has 0 radical (unpaired) electrons. The Kier molecular flexibility index (Phi) is 5.39. The van der Waals surface area contributed by atoms with Crippen molar-refractivity contribution in [2.24, 2.45) is 5.41 Å². The van der Waals surface area contributed by atoms with E-state index in [-0.39, 0.29) is 5.02 Å². The molecule has 9 heteroatoms. The third-order valence-corrected chi connectivity index (χ3v) is 6.00. The molecule has 0 atom stereocenters. The van der Waals surface area contributed by atoms with Crippen LogP contribution < -0.4 is 9.80 Å². The molecular formula is C22H22ClFN4O3. The fourth-order valence-corrected chi connectivity index (χ4v) is 4.25. The fourth-order valence-electron chi connectivity index (χ4n) is 4.08. The molecule has 0 N–H and O–H groups in total. The first-order chi connectivity index (χ1) is 15.1. The third-order valence-electron chi connectivity index (χ3n) is 5.72. The summed E-state index contributed by atoms with van der Waals surface area (Å²) < 4.78 is 24.4. The van der Waals surface area contributed by atoms with Gasteiger partial charge in [0, 0.05) is 36.5 Å². The molecule has 3 heterocycles. The number of fused-ring (bicyclic) bond motifs is 1. The highest BCUT2D eigenvalue weighted by molar-refractivity contribution is 6.31. The number of aromatic nitrogens is 2. The molecule has 1 spiro atoms. The van der Waals surface area contributed by atoms with E-state index >= 15 is 0 Å². The lowest BCUT2D eigenvalue weighted by Gasteiger charge is -2.55. The summed E-state index contributed by atoms with van der Waals surface area (Å²) in [6.07, 6.45) is 1.47. The van der Waals surface area contributed by atoms with Gasteiger partial charge in [0.1, 0.15) is 17.9 Å². The minimum absolute atomic E-state index is 0.0146. The Morgan fingerprint density at radius 2 is 2.03 bits per heavy atom. The van der Waals surface area contributed by atoms with Crippen molar-refractivity contribution in [2.45, 2.75) is 0 Å². The van der Waals surface area contributed by atoms with E-state index in [0.29, 0.717) is 34.8 Å². The van der Waals surface area contributed by atoms with E-state index in [2.05, 4.69) is 14.9 Å². The largest absolute Gasteiger partial charge is 0.497 e. The minimum atomic E-state index is -0.490. The Hall–Kier alpha value is -2.52. The van der Waals surface area contributed by atoms with Crippen LogP contribution in [0.15, 0.2) is 42.7 Å². The van der Waals surface area contributed by atoms with Gasteiger partial charge in [-0.2, -0.15) is 0 Å². The van der Waals surface area contributed by atoms with Crippen LogP contribution in [0.25, 0.3) is 10.9 Å². The van der Waals surface area contributed by atoms with Crippen molar-refractivity contribution in [2.75, 3.05) is 51.6 Å². The number of hydrogen-bond donors (Lipinski definition) is 0. The first-order valence-electron chi connectivity index (χ1n) is 10.0. The second kappa shape index (κ2) is 8.20. The molecule has 0 aliphatic carbocycles. The molecule has 2 aliphatic rings. The van der Waals surface area contributed by atoms with Crippen molar-refractivity contribution in [1.29, 1.82) is 0 Å². The van der Waals surface area contributed by atoms with Crippen LogP contribution in [0.5, 0.6) is 5.75 Å². The molecule has 31 heavy (non-hydrogen) atoms.